The SMILES string of the molecule is CC(=O)N[C@@H]1COCc2cc(C(=O)O)ccc21. The van der Waals surface area contributed by atoms with Crippen LogP contribution in [-0.4, -0.2) is 23.6 Å². The van der Waals surface area contributed by atoms with Crippen LogP contribution in [-0.2, 0) is 16.1 Å². The van der Waals surface area contributed by atoms with Crippen molar-refractivity contribution in [3.8, 4) is 0 Å². The normalized spacial score (nSPS) is 18.3. The number of carbonyl (C=O) groups excluding carboxylic acids is 1. The number of hydrogen-bond donors (Lipinski definition) is 2. The zero-order valence-corrected chi connectivity index (χ0v) is 9.40. The number of nitrogens with one attached hydrogen (secondary N) is 1. The minimum atomic E-state index is -0.963. The van der Waals surface area contributed by atoms with Crippen LogP contribution in [0.25, 0.3) is 0 Å². The largest absolute Gasteiger partial charge is 0.478 e. The number of aromatic carboxylic acids is 1. The standard InChI is InChI=1S/C12H13NO4/c1-7(14)13-11-6-17-5-9-4-8(12(15)16)2-3-10(9)11/h2-4,11H,5-6H2,1H3,(H,13,14)(H,15,16)/t11-/m1/s1. The predicted molar refractivity (Wildman–Crippen MR) is 59.6 cm³/mol. The van der Waals surface area contributed by atoms with Crippen LogP contribution in [0.1, 0.15) is 34.5 Å². The highest BCUT2D eigenvalue weighted by Crippen LogP contribution is 2.25. The van der Waals surface area contributed by atoms with Crippen molar-refractivity contribution < 1.29 is 19.4 Å². The first-order chi connectivity index (χ1) is 8.08. The van der Waals surface area contributed by atoms with Crippen LogP contribution in [0, 0.1) is 0 Å². The van der Waals surface area contributed by atoms with Crippen molar-refractivity contribution in [2.45, 2.75) is 19.6 Å². The molecule has 1 aromatic carbocycles. The predicted octanol–water partition coefficient (Wildman–Crippen LogP) is 1.09. The molecule has 0 radical (unpaired) electrons. The Morgan fingerprint density at radius 2 is 2.24 bits per heavy atom. The molecule has 0 saturated carbocycles. The first-order valence-electron chi connectivity index (χ1n) is 5.29. The minimum absolute atomic E-state index is 0.131. The summed E-state index contributed by atoms with van der Waals surface area (Å²) in [4.78, 5) is 21.9. The molecule has 1 aliphatic rings. The number of carbonyl (C=O) groups is 2. The average molecular weight is 235 g/mol. The number of amides is 1. The van der Waals surface area contributed by atoms with Gasteiger partial charge in [0, 0.05) is 6.92 Å². The number of fused-ring (bicyclic) bond motifs is 1. The van der Waals surface area contributed by atoms with E-state index >= 15 is 0 Å². The van der Waals surface area contributed by atoms with Crippen molar-refractivity contribution >= 4 is 11.9 Å². The Balaban J connectivity index is 2.33. The molecule has 0 aromatic heterocycles. The molecule has 2 rings (SSSR count). The Bertz CT molecular complexity index is 470. The monoisotopic (exact) mass is 235 g/mol. The van der Waals surface area contributed by atoms with Gasteiger partial charge in [-0.3, -0.25) is 4.79 Å². The molecule has 17 heavy (non-hydrogen) atoms. The fourth-order valence-electron chi connectivity index (χ4n) is 1.95. The van der Waals surface area contributed by atoms with Gasteiger partial charge in [0.1, 0.15) is 0 Å². The molecule has 0 aliphatic carbocycles. The van der Waals surface area contributed by atoms with Crippen molar-refractivity contribution in [1.82, 2.24) is 5.32 Å². The van der Waals surface area contributed by atoms with Gasteiger partial charge < -0.3 is 15.2 Å². The minimum Gasteiger partial charge on any atom is -0.478 e. The summed E-state index contributed by atoms with van der Waals surface area (Å²) in [6.45, 7) is 2.24. The van der Waals surface area contributed by atoms with Crippen molar-refractivity contribution in [2.24, 2.45) is 0 Å². The van der Waals surface area contributed by atoms with E-state index in [1.807, 2.05) is 0 Å². The van der Waals surface area contributed by atoms with Crippen molar-refractivity contribution in [1.29, 1.82) is 0 Å². The van der Waals surface area contributed by atoms with E-state index < -0.39 is 5.97 Å². The lowest BCUT2D eigenvalue weighted by molar-refractivity contribution is -0.120. The second-order valence-corrected chi connectivity index (χ2v) is 3.99. The van der Waals surface area contributed by atoms with Crippen LogP contribution in [0.3, 0.4) is 0 Å². The van der Waals surface area contributed by atoms with E-state index in [1.165, 1.54) is 6.92 Å². The first kappa shape index (κ1) is 11.6. The summed E-state index contributed by atoms with van der Waals surface area (Å²) in [5.74, 6) is -1.09. The second kappa shape index (κ2) is 4.55. The summed E-state index contributed by atoms with van der Waals surface area (Å²) < 4.78 is 5.34. The fourth-order valence-corrected chi connectivity index (χ4v) is 1.95. The molecule has 2 N–H and O–H groups in total. The molecule has 5 nitrogen and oxygen atoms in total. The van der Waals surface area contributed by atoms with Gasteiger partial charge in [-0.1, -0.05) is 6.07 Å². The van der Waals surface area contributed by atoms with Crippen molar-refractivity contribution in [3.05, 3.63) is 34.9 Å². The van der Waals surface area contributed by atoms with E-state index in [1.54, 1.807) is 18.2 Å². The van der Waals surface area contributed by atoms with E-state index in [4.69, 9.17) is 9.84 Å². The Hall–Kier alpha value is -1.88. The van der Waals surface area contributed by atoms with E-state index in [9.17, 15) is 9.59 Å². The number of hydrogen-bond acceptors (Lipinski definition) is 3. The Labute approximate surface area is 98.4 Å². The van der Waals surface area contributed by atoms with E-state index in [0.29, 0.717) is 13.2 Å². The van der Waals surface area contributed by atoms with Gasteiger partial charge in [-0.2, -0.15) is 0 Å². The maximum absolute atomic E-state index is 11.0. The van der Waals surface area contributed by atoms with Gasteiger partial charge in [0.05, 0.1) is 24.8 Å². The second-order valence-electron chi connectivity index (χ2n) is 3.99. The van der Waals surface area contributed by atoms with Crippen molar-refractivity contribution in [3.63, 3.8) is 0 Å². The van der Waals surface area contributed by atoms with Gasteiger partial charge in [0.15, 0.2) is 0 Å². The summed E-state index contributed by atoms with van der Waals surface area (Å²) in [7, 11) is 0. The van der Waals surface area contributed by atoms with Gasteiger partial charge in [-0.25, -0.2) is 4.79 Å². The van der Waals surface area contributed by atoms with Crippen LogP contribution < -0.4 is 5.32 Å². The molecule has 0 saturated heterocycles. The molecule has 1 amide bonds. The molecule has 5 heteroatoms. The third-order valence-electron chi connectivity index (χ3n) is 2.68. The van der Waals surface area contributed by atoms with Crippen molar-refractivity contribution in [2.75, 3.05) is 6.61 Å². The summed E-state index contributed by atoms with van der Waals surface area (Å²) >= 11 is 0. The van der Waals surface area contributed by atoms with Gasteiger partial charge in [-0.15, -0.1) is 0 Å². The molecule has 1 atom stereocenters. The number of rotatable bonds is 2. The topological polar surface area (TPSA) is 75.6 Å². The number of carboxylic acids is 1. The van der Waals surface area contributed by atoms with E-state index in [0.717, 1.165) is 11.1 Å². The summed E-state index contributed by atoms with van der Waals surface area (Å²) in [6, 6.07) is 4.67. The van der Waals surface area contributed by atoms with Crippen LogP contribution in [0.4, 0.5) is 0 Å². The van der Waals surface area contributed by atoms with Crippen LogP contribution in [0.2, 0.25) is 0 Å². The molecule has 0 bridgehead atoms. The van der Waals surface area contributed by atoms with Gasteiger partial charge >= 0.3 is 5.97 Å². The fraction of sp³-hybridized carbons (Fsp3) is 0.333. The first-order valence-corrected chi connectivity index (χ1v) is 5.29. The van der Waals surface area contributed by atoms with Crippen LogP contribution in [0.5, 0.6) is 0 Å². The zero-order chi connectivity index (χ0) is 12.4. The lowest BCUT2D eigenvalue weighted by Gasteiger charge is -2.26. The lowest BCUT2D eigenvalue weighted by Crippen LogP contribution is -2.32. The number of carboxylic acid groups (broad SMARTS) is 1. The smallest absolute Gasteiger partial charge is 0.335 e. The zero-order valence-electron chi connectivity index (χ0n) is 9.40. The highest BCUT2D eigenvalue weighted by atomic mass is 16.5. The highest BCUT2D eigenvalue weighted by Gasteiger charge is 2.22. The molecule has 0 fully saturated rings. The third-order valence-corrected chi connectivity index (χ3v) is 2.68. The quantitative estimate of drug-likeness (QED) is 0.804. The average Bonchev–Trinajstić information content (AvgIpc) is 2.28. The Morgan fingerprint density at radius 3 is 2.88 bits per heavy atom. The molecule has 1 heterocycles. The van der Waals surface area contributed by atoms with Gasteiger partial charge in [0.2, 0.25) is 5.91 Å². The summed E-state index contributed by atoms with van der Waals surface area (Å²) in [6.07, 6.45) is 0. The third kappa shape index (κ3) is 2.45. The maximum atomic E-state index is 11.0. The van der Waals surface area contributed by atoms with Gasteiger partial charge in [0.25, 0.3) is 0 Å². The summed E-state index contributed by atoms with van der Waals surface area (Å²) in [5.41, 5.74) is 1.97. The van der Waals surface area contributed by atoms with E-state index in [-0.39, 0.29) is 17.5 Å². The Morgan fingerprint density at radius 1 is 1.47 bits per heavy atom. The van der Waals surface area contributed by atoms with Crippen LogP contribution >= 0.6 is 0 Å². The molecular weight excluding hydrogens is 222 g/mol. The number of benzene rings is 1. The molecule has 0 unspecified atom stereocenters. The highest BCUT2D eigenvalue weighted by molar-refractivity contribution is 5.88. The van der Waals surface area contributed by atoms with Gasteiger partial charge in [-0.05, 0) is 23.3 Å². The molecular formula is C12H13NO4. The molecule has 1 aromatic rings. The summed E-state index contributed by atoms with van der Waals surface area (Å²) in [5, 5.41) is 11.7. The van der Waals surface area contributed by atoms with E-state index in [2.05, 4.69) is 5.32 Å². The molecule has 1 aliphatic heterocycles. The molecule has 0 spiro atoms. The number of ether oxygens (including phenoxy) is 1. The van der Waals surface area contributed by atoms with Crippen LogP contribution in [0.15, 0.2) is 18.2 Å². The molecule has 90 valence electrons. The Kier molecular flexibility index (Phi) is 3.10. The maximum Gasteiger partial charge on any atom is 0.335 e. The lowest BCUT2D eigenvalue weighted by atomic mass is 9.96.